The van der Waals surface area contributed by atoms with E-state index in [1.807, 2.05) is 0 Å². The van der Waals surface area contributed by atoms with Crippen LogP contribution in [0.2, 0.25) is 0 Å². The van der Waals surface area contributed by atoms with Crippen molar-refractivity contribution in [1.29, 1.82) is 0 Å². The third kappa shape index (κ3) is 2.78. The zero-order valence-electron chi connectivity index (χ0n) is 8.33. The maximum Gasteiger partial charge on any atom is 0.314 e. The quantitative estimate of drug-likeness (QED) is 0.827. The molecule has 0 aliphatic rings. The van der Waals surface area contributed by atoms with Gasteiger partial charge in [0.1, 0.15) is 5.75 Å². The fourth-order valence-electron chi connectivity index (χ4n) is 1.05. The molecular formula is C9H6FN3O3S. The van der Waals surface area contributed by atoms with E-state index in [2.05, 4.69) is 15.2 Å². The summed E-state index contributed by atoms with van der Waals surface area (Å²) in [7, 11) is 0. The molecule has 0 saturated carbocycles. The van der Waals surface area contributed by atoms with E-state index >= 15 is 0 Å². The highest BCUT2D eigenvalue weighted by atomic mass is 32.2. The molecule has 0 unspecified atom stereocenters. The molecular weight excluding hydrogens is 249 g/mol. The molecule has 0 fully saturated rings. The van der Waals surface area contributed by atoms with Crippen molar-refractivity contribution < 1.29 is 18.7 Å². The number of nitrogens with zero attached hydrogens (tertiary/aromatic N) is 3. The van der Waals surface area contributed by atoms with Gasteiger partial charge < -0.3 is 9.52 Å². The zero-order valence-corrected chi connectivity index (χ0v) is 9.15. The highest BCUT2D eigenvalue weighted by molar-refractivity contribution is 7.99. The normalized spacial score (nSPS) is 10.4. The van der Waals surface area contributed by atoms with Crippen molar-refractivity contribution in [1.82, 2.24) is 15.2 Å². The first kappa shape index (κ1) is 11.5. The van der Waals surface area contributed by atoms with Crippen molar-refractivity contribution in [2.24, 2.45) is 0 Å². The van der Waals surface area contributed by atoms with Crippen LogP contribution in [0.25, 0.3) is 11.5 Å². The number of thioether (sulfide) groups is 1. The smallest absolute Gasteiger partial charge is 0.314 e. The molecule has 2 rings (SSSR count). The van der Waals surface area contributed by atoms with Gasteiger partial charge in [-0.2, -0.15) is 0 Å². The molecule has 0 aliphatic heterocycles. The fraction of sp³-hybridized carbons (Fsp3) is 0.111. The molecule has 0 atom stereocenters. The topological polar surface area (TPSA) is 89.1 Å². The maximum absolute atomic E-state index is 13.3. The average molecular weight is 255 g/mol. The molecule has 0 amide bonds. The lowest BCUT2D eigenvalue weighted by molar-refractivity contribution is -0.133. The molecule has 1 N–H and O–H groups in total. The van der Waals surface area contributed by atoms with Crippen LogP contribution in [0.4, 0.5) is 4.39 Å². The van der Waals surface area contributed by atoms with Gasteiger partial charge in [0.05, 0.1) is 11.8 Å². The molecule has 6 nitrogen and oxygen atoms in total. The van der Waals surface area contributed by atoms with Gasteiger partial charge in [0.25, 0.3) is 11.1 Å². The van der Waals surface area contributed by atoms with Gasteiger partial charge in [-0.3, -0.25) is 9.78 Å². The number of rotatable bonds is 4. The molecule has 8 heteroatoms. The third-order valence-corrected chi connectivity index (χ3v) is 2.53. The lowest BCUT2D eigenvalue weighted by Crippen LogP contribution is -1.97. The van der Waals surface area contributed by atoms with Crippen LogP contribution < -0.4 is 0 Å². The third-order valence-electron chi connectivity index (χ3n) is 1.73. The Balaban J connectivity index is 2.18. The van der Waals surface area contributed by atoms with E-state index in [1.165, 1.54) is 12.3 Å². The first-order chi connectivity index (χ1) is 8.16. The van der Waals surface area contributed by atoms with E-state index in [0.717, 1.165) is 18.0 Å². The number of carbonyl (C=O) groups is 1. The molecule has 88 valence electrons. The number of carboxylic acid groups (broad SMARTS) is 1. The highest BCUT2D eigenvalue weighted by Crippen LogP contribution is 2.24. The summed E-state index contributed by atoms with van der Waals surface area (Å²) in [5, 5.41) is 15.8. The Morgan fingerprint density at radius 3 is 3.06 bits per heavy atom. The first-order valence-corrected chi connectivity index (χ1v) is 5.43. The molecule has 17 heavy (non-hydrogen) atoms. The summed E-state index contributed by atoms with van der Waals surface area (Å²) >= 11 is 0.872. The fourth-order valence-corrected chi connectivity index (χ4v) is 1.53. The number of hydrogen-bond donors (Lipinski definition) is 1. The Morgan fingerprint density at radius 1 is 1.53 bits per heavy atom. The summed E-state index contributed by atoms with van der Waals surface area (Å²) in [6, 6.07) is 1.40. The molecule has 2 aromatic heterocycles. The van der Waals surface area contributed by atoms with Crippen molar-refractivity contribution in [3.8, 4) is 11.5 Å². The van der Waals surface area contributed by atoms with Gasteiger partial charge in [-0.1, -0.05) is 11.8 Å². The molecule has 2 heterocycles. The molecule has 0 spiro atoms. The number of aliphatic carboxylic acids is 1. The number of carboxylic acids is 1. The van der Waals surface area contributed by atoms with Crippen molar-refractivity contribution >= 4 is 17.7 Å². The van der Waals surface area contributed by atoms with Crippen LogP contribution in [0.3, 0.4) is 0 Å². The molecule has 0 bridgehead atoms. The van der Waals surface area contributed by atoms with Crippen LogP contribution in [0.5, 0.6) is 0 Å². The Kier molecular flexibility index (Phi) is 3.33. The predicted octanol–water partition coefficient (Wildman–Crippen LogP) is 1.45. The minimum Gasteiger partial charge on any atom is -0.481 e. The van der Waals surface area contributed by atoms with Gasteiger partial charge in [-0.25, -0.2) is 4.39 Å². The number of hydrogen-bond acceptors (Lipinski definition) is 6. The van der Waals surface area contributed by atoms with Gasteiger partial charge in [0, 0.05) is 6.20 Å². The van der Waals surface area contributed by atoms with Crippen LogP contribution in [-0.2, 0) is 4.79 Å². The second-order valence-electron chi connectivity index (χ2n) is 2.91. The average Bonchev–Trinajstić information content (AvgIpc) is 2.75. The van der Waals surface area contributed by atoms with E-state index in [9.17, 15) is 9.18 Å². The van der Waals surface area contributed by atoms with Crippen molar-refractivity contribution in [3.63, 3.8) is 0 Å². The first-order valence-electron chi connectivity index (χ1n) is 4.45. The van der Waals surface area contributed by atoms with E-state index in [-0.39, 0.29) is 22.4 Å². The summed E-state index contributed by atoms with van der Waals surface area (Å²) in [5.74, 6) is -1.77. The summed E-state index contributed by atoms with van der Waals surface area (Å²) in [6.45, 7) is 0. The largest absolute Gasteiger partial charge is 0.481 e. The Hall–Kier alpha value is -1.96. The molecule has 2 aromatic rings. The molecule has 0 saturated heterocycles. The molecule has 0 aromatic carbocycles. The van der Waals surface area contributed by atoms with Crippen LogP contribution in [0.15, 0.2) is 28.1 Å². The van der Waals surface area contributed by atoms with Gasteiger partial charge in [-0.05, 0) is 6.07 Å². The monoisotopic (exact) mass is 255 g/mol. The van der Waals surface area contributed by atoms with Crippen LogP contribution in [0, 0.1) is 5.82 Å². The Morgan fingerprint density at radius 2 is 2.35 bits per heavy atom. The Bertz CT molecular complexity index is 546. The number of halogens is 1. The van der Waals surface area contributed by atoms with E-state index < -0.39 is 11.8 Å². The van der Waals surface area contributed by atoms with Crippen molar-refractivity contribution in [2.45, 2.75) is 5.22 Å². The van der Waals surface area contributed by atoms with Gasteiger partial charge >= 0.3 is 5.97 Å². The van der Waals surface area contributed by atoms with E-state index in [0.29, 0.717) is 0 Å². The van der Waals surface area contributed by atoms with Gasteiger partial charge in [-0.15, -0.1) is 10.2 Å². The second-order valence-corrected chi connectivity index (χ2v) is 3.84. The number of pyridine rings is 1. The summed E-state index contributed by atoms with van der Waals surface area (Å²) in [4.78, 5) is 13.9. The molecule has 0 radical (unpaired) electrons. The SMILES string of the molecule is O=C(O)CSc1nnc(-c2ccncc2F)o1. The standard InChI is InChI=1S/C9H6FN3O3S/c10-6-3-11-2-1-5(6)8-12-13-9(16-8)17-4-7(14)15/h1-3H,4H2,(H,14,15). The van der Waals surface area contributed by atoms with Crippen LogP contribution in [0.1, 0.15) is 0 Å². The molecule has 0 aliphatic carbocycles. The van der Waals surface area contributed by atoms with Crippen molar-refractivity contribution in [3.05, 3.63) is 24.3 Å². The van der Waals surface area contributed by atoms with Crippen molar-refractivity contribution in [2.75, 3.05) is 5.75 Å². The second kappa shape index (κ2) is 4.91. The number of aromatic nitrogens is 3. The predicted molar refractivity (Wildman–Crippen MR) is 55.8 cm³/mol. The highest BCUT2D eigenvalue weighted by Gasteiger charge is 2.13. The van der Waals surface area contributed by atoms with Crippen LogP contribution in [-0.4, -0.2) is 32.0 Å². The van der Waals surface area contributed by atoms with Gasteiger partial charge in [0.15, 0.2) is 5.82 Å². The lowest BCUT2D eigenvalue weighted by Gasteiger charge is -1.94. The Labute approximate surface area is 98.9 Å². The summed E-state index contributed by atoms with van der Waals surface area (Å²) in [6.07, 6.45) is 2.43. The maximum atomic E-state index is 13.3. The summed E-state index contributed by atoms with van der Waals surface area (Å²) < 4.78 is 18.4. The summed E-state index contributed by atoms with van der Waals surface area (Å²) in [5.41, 5.74) is 0.134. The lowest BCUT2D eigenvalue weighted by atomic mass is 10.2. The van der Waals surface area contributed by atoms with Crippen LogP contribution >= 0.6 is 11.8 Å². The minimum absolute atomic E-state index is 0.00205. The zero-order chi connectivity index (χ0) is 12.3. The van der Waals surface area contributed by atoms with E-state index in [1.54, 1.807) is 0 Å². The van der Waals surface area contributed by atoms with Gasteiger partial charge in [0.2, 0.25) is 0 Å². The van der Waals surface area contributed by atoms with E-state index in [4.69, 9.17) is 9.52 Å². The minimum atomic E-state index is -0.996.